The van der Waals surface area contributed by atoms with Crippen molar-refractivity contribution in [2.45, 2.75) is 62.0 Å². The molecule has 0 aliphatic heterocycles. The monoisotopic (exact) mass is 400 g/mol. The number of rotatable bonds is 16. The van der Waals surface area contributed by atoms with Gasteiger partial charge in [-0.15, -0.1) is 6.58 Å². The summed E-state index contributed by atoms with van der Waals surface area (Å²) in [4.78, 5) is 0. The molecule has 0 amide bonds. The second-order valence-electron chi connectivity index (χ2n) is 4.73. The molecular formula is C15H32N2Se2. The first kappa shape index (κ1) is 19.7. The molecule has 0 aliphatic rings. The Labute approximate surface area is 131 Å². The standard InChI is InChI=1S/C15H32N2Se2/c1-2-3-4-5-6-7-8-9-10-12-17-13-15-19-18-14-11-16/h2,17H,1,3-16H2. The summed E-state index contributed by atoms with van der Waals surface area (Å²) in [6.07, 6.45) is 12.9. The van der Waals surface area contributed by atoms with Crippen molar-refractivity contribution in [3.05, 3.63) is 12.7 Å². The molecule has 0 aromatic heterocycles. The fraction of sp³-hybridized carbons (Fsp3) is 0.867. The van der Waals surface area contributed by atoms with Gasteiger partial charge in [0.05, 0.1) is 0 Å². The molecule has 0 bridgehead atoms. The van der Waals surface area contributed by atoms with Crippen LogP contribution in [-0.4, -0.2) is 45.9 Å². The van der Waals surface area contributed by atoms with Crippen molar-refractivity contribution in [2.24, 2.45) is 5.73 Å². The maximum atomic E-state index is 5.49. The maximum absolute atomic E-state index is 5.49. The summed E-state index contributed by atoms with van der Waals surface area (Å²) in [7, 11) is 0. The second kappa shape index (κ2) is 18.7. The molecule has 0 aliphatic carbocycles. The number of hydrogen-bond acceptors (Lipinski definition) is 2. The summed E-state index contributed by atoms with van der Waals surface area (Å²) in [6, 6.07) is 0. The van der Waals surface area contributed by atoms with E-state index in [1.807, 2.05) is 6.08 Å². The number of allylic oxidation sites excluding steroid dienone is 1. The first-order valence-corrected chi connectivity index (χ1v) is 14.4. The molecule has 0 fully saturated rings. The van der Waals surface area contributed by atoms with Crippen LogP contribution in [0.4, 0.5) is 0 Å². The minimum atomic E-state index is 0.856. The van der Waals surface area contributed by atoms with Gasteiger partial charge >= 0.3 is 119 Å². The van der Waals surface area contributed by atoms with E-state index in [1.54, 1.807) is 0 Å². The third-order valence-corrected chi connectivity index (χ3v) is 10.3. The summed E-state index contributed by atoms with van der Waals surface area (Å²) in [5, 5.41) is 6.24. The van der Waals surface area contributed by atoms with Gasteiger partial charge in [0.2, 0.25) is 0 Å². The molecule has 4 heteroatoms. The average Bonchev–Trinajstić information content (AvgIpc) is 2.43. The van der Waals surface area contributed by atoms with Crippen LogP contribution in [0.15, 0.2) is 12.7 Å². The number of hydrogen-bond donors (Lipinski definition) is 2. The topological polar surface area (TPSA) is 38.0 Å². The fourth-order valence-corrected chi connectivity index (χ4v) is 7.53. The van der Waals surface area contributed by atoms with E-state index in [-0.39, 0.29) is 0 Å². The Balaban J connectivity index is 2.89. The summed E-state index contributed by atoms with van der Waals surface area (Å²) >= 11 is 1.74. The Morgan fingerprint density at radius 2 is 1.47 bits per heavy atom. The van der Waals surface area contributed by atoms with Gasteiger partial charge in [-0.2, -0.15) is 0 Å². The van der Waals surface area contributed by atoms with Gasteiger partial charge in [-0.05, 0) is 0 Å². The van der Waals surface area contributed by atoms with Crippen molar-refractivity contribution < 1.29 is 0 Å². The fourth-order valence-electron chi connectivity index (χ4n) is 1.83. The SMILES string of the molecule is C=CCCCCCCCCCNCC[Se][Se]CCN. The van der Waals surface area contributed by atoms with Gasteiger partial charge in [0, 0.05) is 0 Å². The van der Waals surface area contributed by atoms with E-state index >= 15 is 0 Å². The van der Waals surface area contributed by atoms with Gasteiger partial charge in [0.25, 0.3) is 0 Å². The Morgan fingerprint density at radius 1 is 0.842 bits per heavy atom. The molecule has 0 saturated carbocycles. The summed E-state index contributed by atoms with van der Waals surface area (Å²) in [5.74, 6) is 0. The molecule has 2 nitrogen and oxygen atoms in total. The molecule has 0 spiro atoms. The van der Waals surface area contributed by atoms with E-state index in [0.717, 1.165) is 32.8 Å². The number of nitrogens with two attached hydrogens (primary N) is 1. The van der Waals surface area contributed by atoms with Crippen molar-refractivity contribution in [1.82, 2.24) is 5.32 Å². The quantitative estimate of drug-likeness (QED) is 0.238. The molecule has 3 N–H and O–H groups in total. The second-order valence-corrected chi connectivity index (χ2v) is 12.6. The zero-order valence-electron chi connectivity index (χ0n) is 12.4. The Bertz CT molecular complexity index is 178. The molecule has 0 heterocycles. The zero-order valence-corrected chi connectivity index (χ0v) is 15.8. The van der Waals surface area contributed by atoms with Crippen LogP contribution in [0.5, 0.6) is 0 Å². The minimum absolute atomic E-state index is 0.856. The first-order chi connectivity index (χ1) is 9.41. The van der Waals surface area contributed by atoms with Crippen LogP contribution in [0.1, 0.15) is 51.4 Å². The van der Waals surface area contributed by atoms with Crippen molar-refractivity contribution in [3.63, 3.8) is 0 Å². The molecule has 0 saturated heterocycles. The third kappa shape index (κ3) is 18.7. The molecule has 0 aromatic rings. The molecular weight excluding hydrogens is 366 g/mol. The van der Waals surface area contributed by atoms with E-state index in [1.165, 1.54) is 75.1 Å². The van der Waals surface area contributed by atoms with E-state index in [4.69, 9.17) is 5.73 Å². The van der Waals surface area contributed by atoms with Crippen molar-refractivity contribution >= 4 is 26.3 Å². The Kier molecular flexibility index (Phi) is 19.4. The van der Waals surface area contributed by atoms with Crippen LogP contribution in [0.25, 0.3) is 0 Å². The van der Waals surface area contributed by atoms with Gasteiger partial charge in [0.15, 0.2) is 0 Å². The molecule has 0 radical (unpaired) electrons. The molecule has 0 unspecified atom stereocenters. The van der Waals surface area contributed by atoms with Crippen molar-refractivity contribution in [3.8, 4) is 0 Å². The van der Waals surface area contributed by atoms with Crippen LogP contribution >= 0.6 is 0 Å². The van der Waals surface area contributed by atoms with Gasteiger partial charge < -0.3 is 0 Å². The Hall–Kier alpha value is 0.699. The van der Waals surface area contributed by atoms with E-state index < -0.39 is 0 Å². The van der Waals surface area contributed by atoms with Crippen LogP contribution in [0.2, 0.25) is 10.6 Å². The van der Waals surface area contributed by atoms with Crippen LogP contribution in [0, 0.1) is 0 Å². The normalized spacial score (nSPS) is 10.8. The molecule has 114 valence electrons. The summed E-state index contributed by atoms with van der Waals surface area (Å²) in [6.45, 7) is 7.09. The van der Waals surface area contributed by atoms with Crippen LogP contribution < -0.4 is 11.1 Å². The molecule has 0 aromatic carbocycles. The van der Waals surface area contributed by atoms with Gasteiger partial charge in [0.1, 0.15) is 0 Å². The van der Waals surface area contributed by atoms with Crippen LogP contribution in [-0.2, 0) is 0 Å². The van der Waals surface area contributed by atoms with Gasteiger partial charge in [-0.3, -0.25) is 0 Å². The zero-order chi connectivity index (χ0) is 14.0. The van der Waals surface area contributed by atoms with Crippen LogP contribution in [0.3, 0.4) is 0 Å². The average molecular weight is 398 g/mol. The van der Waals surface area contributed by atoms with E-state index in [9.17, 15) is 0 Å². The Morgan fingerprint density at radius 3 is 2.16 bits per heavy atom. The number of unbranched alkanes of at least 4 members (excludes halogenated alkanes) is 7. The van der Waals surface area contributed by atoms with E-state index in [2.05, 4.69) is 11.9 Å². The predicted molar refractivity (Wildman–Crippen MR) is 90.2 cm³/mol. The van der Waals surface area contributed by atoms with Crippen molar-refractivity contribution in [1.29, 1.82) is 0 Å². The van der Waals surface area contributed by atoms with Gasteiger partial charge in [-0.25, -0.2) is 0 Å². The first-order valence-electron chi connectivity index (χ1n) is 7.68. The predicted octanol–water partition coefficient (Wildman–Crippen LogP) is 3.00. The molecule has 0 rings (SSSR count). The summed E-state index contributed by atoms with van der Waals surface area (Å²) < 4.78 is 0. The third-order valence-electron chi connectivity index (χ3n) is 2.91. The molecule has 19 heavy (non-hydrogen) atoms. The van der Waals surface area contributed by atoms with Gasteiger partial charge in [-0.1, -0.05) is 6.08 Å². The van der Waals surface area contributed by atoms with E-state index in [0.29, 0.717) is 0 Å². The number of nitrogens with one attached hydrogen (secondary N) is 1. The van der Waals surface area contributed by atoms with Crippen molar-refractivity contribution in [2.75, 3.05) is 19.6 Å². The summed E-state index contributed by atoms with van der Waals surface area (Å²) in [5.41, 5.74) is 5.49. The molecule has 0 atom stereocenters.